The van der Waals surface area contributed by atoms with Crippen molar-refractivity contribution in [2.45, 2.75) is 6.42 Å². The Kier molecular flexibility index (Phi) is 9.48. The van der Waals surface area contributed by atoms with Crippen LogP contribution in [0.3, 0.4) is 0 Å². The van der Waals surface area contributed by atoms with E-state index in [1.54, 1.807) is 0 Å². The van der Waals surface area contributed by atoms with Crippen LogP contribution in [-0.2, 0) is 14.4 Å². The molecule has 0 aliphatic carbocycles. The molecular weight excluding hydrogens is 388 g/mol. The van der Waals surface area contributed by atoms with Crippen molar-refractivity contribution >= 4 is 29.2 Å². The molecule has 3 N–H and O–H groups in total. The molecule has 2 rings (SSSR count). The first-order valence-electron chi connectivity index (χ1n) is 8.63. The third kappa shape index (κ3) is 8.53. The number of nitro groups is 1. The van der Waals surface area contributed by atoms with Gasteiger partial charge in [0.25, 0.3) is 5.69 Å². The number of non-ortho nitro benzene ring substituents is 1. The van der Waals surface area contributed by atoms with E-state index in [0.29, 0.717) is 24.4 Å². The Labute approximate surface area is 166 Å². The van der Waals surface area contributed by atoms with Gasteiger partial charge in [0, 0.05) is 51.3 Å². The van der Waals surface area contributed by atoms with Crippen LogP contribution >= 0.6 is 0 Å². The highest BCUT2D eigenvalue weighted by atomic mass is 16.6. The Hall–Kier alpha value is -3.25. The maximum absolute atomic E-state index is 12.1. The second kappa shape index (κ2) is 11.6. The molecule has 1 fully saturated rings. The van der Waals surface area contributed by atoms with Crippen LogP contribution in [0.5, 0.6) is 5.75 Å². The van der Waals surface area contributed by atoms with E-state index in [1.807, 2.05) is 0 Å². The van der Waals surface area contributed by atoms with Gasteiger partial charge in [-0.2, -0.15) is 0 Å². The number of nitrogens with one attached hydrogen (secondary N) is 1. The van der Waals surface area contributed by atoms with Gasteiger partial charge in [-0.05, 0) is 13.1 Å². The van der Waals surface area contributed by atoms with Crippen molar-refractivity contribution in [2.24, 2.45) is 0 Å². The molecule has 160 valence electrons. The zero-order valence-corrected chi connectivity index (χ0v) is 16.2. The van der Waals surface area contributed by atoms with Gasteiger partial charge in [0.15, 0.2) is 0 Å². The van der Waals surface area contributed by atoms with E-state index in [2.05, 4.69) is 22.2 Å². The average molecular weight is 412 g/mol. The predicted molar refractivity (Wildman–Crippen MR) is 102 cm³/mol. The highest BCUT2D eigenvalue weighted by molar-refractivity contribution is 6.27. The normalized spacial score (nSPS) is 14.3. The number of carbonyl (C=O) groups excluding carboxylic acids is 1. The van der Waals surface area contributed by atoms with Gasteiger partial charge in [0.05, 0.1) is 17.7 Å². The lowest BCUT2D eigenvalue weighted by Gasteiger charge is -2.32. The molecular formula is C17H24N4O8. The fourth-order valence-electron chi connectivity index (χ4n) is 2.45. The lowest BCUT2D eigenvalue weighted by atomic mass is 10.2. The second-order valence-electron chi connectivity index (χ2n) is 6.20. The SMILES string of the molecule is COc1ccc([N+](=O)[O-])cc1NC(=O)CCN1CCN(C)CC1.O=C(O)C(=O)O. The number of aliphatic carboxylic acids is 2. The van der Waals surface area contributed by atoms with Crippen molar-refractivity contribution in [3.63, 3.8) is 0 Å². The van der Waals surface area contributed by atoms with Gasteiger partial charge in [-0.25, -0.2) is 9.59 Å². The van der Waals surface area contributed by atoms with E-state index in [-0.39, 0.29) is 11.6 Å². The summed E-state index contributed by atoms with van der Waals surface area (Å²) in [4.78, 5) is 45.1. The molecule has 0 atom stereocenters. The van der Waals surface area contributed by atoms with Gasteiger partial charge in [0.2, 0.25) is 5.91 Å². The summed E-state index contributed by atoms with van der Waals surface area (Å²) in [6, 6.07) is 4.14. The number of rotatable bonds is 6. The molecule has 1 amide bonds. The minimum atomic E-state index is -1.82. The number of likely N-dealkylation sites (N-methyl/N-ethyl adjacent to an activating group) is 1. The topological polar surface area (TPSA) is 163 Å². The molecule has 0 saturated carbocycles. The van der Waals surface area contributed by atoms with Gasteiger partial charge in [-0.15, -0.1) is 0 Å². The number of nitro benzene ring substituents is 1. The fourth-order valence-corrected chi connectivity index (χ4v) is 2.45. The molecule has 0 spiro atoms. The van der Waals surface area contributed by atoms with Gasteiger partial charge < -0.3 is 30.1 Å². The molecule has 1 aliphatic heterocycles. The summed E-state index contributed by atoms with van der Waals surface area (Å²) >= 11 is 0. The van der Waals surface area contributed by atoms with Crippen molar-refractivity contribution in [2.75, 3.05) is 52.2 Å². The van der Waals surface area contributed by atoms with Crippen molar-refractivity contribution in [3.8, 4) is 5.75 Å². The summed E-state index contributed by atoms with van der Waals surface area (Å²) in [6.07, 6.45) is 0.343. The Morgan fingerprint density at radius 2 is 1.76 bits per heavy atom. The number of carboxylic acids is 2. The molecule has 29 heavy (non-hydrogen) atoms. The van der Waals surface area contributed by atoms with Crippen LogP contribution in [0.2, 0.25) is 0 Å². The smallest absolute Gasteiger partial charge is 0.414 e. The maximum Gasteiger partial charge on any atom is 0.414 e. The van der Waals surface area contributed by atoms with Crippen molar-refractivity contribution in [1.29, 1.82) is 0 Å². The predicted octanol–water partition coefficient (Wildman–Crippen LogP) is 0.335. The number of carbonyl (C=O) groups is 3. The number of hydrogen-bond acceptors (Lipinski definition) is 8. The van der Waals surface area contributed by atoms with Crippen LogP contribution in [0.4, 0.5) is 11.4 Å². The van der Waals surface area contributed by atoms with Crippen molar-refractivity contribution in [1.82, 2.24) is 9.80 Å². The minimum absolute atomic E-state index is 0.0832. The summed E-state index contributed by atoms with van der Waals surface area (Å²) in [6.45, 7) is 4.57. The van der Waals surface area contributed by atoms with Crippen molar-refractivity contribution < 1.29 is 34.3 Å². The zero-order valence-electron chi connectivity index (χ0n) is 16.2. The Bertz CT molecular complexity index is 735. The first kappa shape index (κ1) is 23.8. The van der Waals surface area contributed by atoms with Gasteiger partial charge in [-0.1, -0.05) is 0 Å². The zero-order chi connectivity index (χ0) is 22.0. The molecule has 0 bridgehead atoms. The molecule has 12 nitrogen and oxygen atoms in total. The Morgan fingerprint density at radius 1 is 1.17 bits per heavy atom. The van der Waals surface area contributed by atoms with Crippen LogP contribution in [-0.4, -0.2) is 89.7 Å². The molecule has 1 aliphatic rings. The number of amides is 1. The van der Waals surface area contributed by atoms with Crippen LogP contribution in [0.15, 0.2) is 18.2 Å². The monoisotopic (exact) mass is 412 g/mol. The van der Waals surface area contributed by atoms with E-state index in [1.165, 1.54) is 25.3 Å². The molecule has 1 heterocycles. The highest BCUT2D eigenvalue weighted by Crippen LogP contribution is 2.28. The molecule has 1 aromatic rings. The van der Waals surface area contributed by atoms with Crippen LogP contribution in [0.1, 0.15) is 6.42 Å². The molecule has 0 radical (unpaired) electrons. The van der Waals surface area contributed by atoms with Gasteiger partial charge in [0.1, 0.15) is 5.75 Å². The number of nitrogens with zero attached hydrogens (tertiary/aromatic N) is 3. The third-order valence-corrected chi connectivity index (χ3v) is 4.10. The number of methoxy groups -OCH3 is 1. The Morgan fingerprint density at radius 3 is 2.24 bits per heavy atom. The summed E-state index contributed by atoms with van der Waals surface area (Å²) in [5, 5.41) is 28.3. The lowest BCUT2D eigenvalue weighted by molar-refractivity contribution is -0.384. The molecule has 12 heteroatoms. The molecule has 0 unspecified atom stereocenters. The molecule has 1 aromatic carbocycles. The second-order valence-corrected chi connectivity index (χ2v) is 6.20. The third-order valence-electron chi connectivity index (χ3n) is 4.10. The number of benzene rings is 1. The van der Waals surface area contributed by atoms with E-state index in [0.717, 1.165) is 26.2 Å². The number of carboxylic acid groups (broad SMARTS) is 2. The average Bonchev–Trinajstić information content (AvgIpc) is 2.67. The van der Waals surface area contributed by atoms with E-state index >= 15 is 0 Å². The fraction of sp³-hybridized carbons (Fsp3) is 0.471. The van der Waals surface area contributed by atoms with Crippen molar-refractivity contribution in [3.05, 3.63) is 28.3 Å². The lowest BCUT2D eigenvalue weighted by Crippen LogP contribution is -2.45. The molecule has 1 saturated heterocycles. The first-order chi connectivity index (χ1) is 13.6. The maximum atomic E-state index is 12.1. The largest absolute Gasteiger partial charge is 0.495 e. The van der Waals surface area contributed by atoms with Crippen LogP contribution < -0.4 is 10.1 Å². The first-order valence-corrected chi connectivity index (χ1v) is 8.63. The van der Waals surface area contributed by atoms with Gasteiger partial charge >= 0.3 is 11.9 Å². The van der Waals surface area contributed by atoms with E-state index < -0.39 is 16.9 Å². The Balaban J connectivity index is 0.000000612. The minimum Gasteiger partial charge on any atom is -0.495 e. The van der Waals surface area contributed by atoms with E-state index in [4.69, 9.17) is 24.5 Å². The van der Waals surface area contributed by atoms with Crippen LogP contribution in [0, 0.1) is 10.1 Å². The number of ether oxygens (including phenoxy) is 1. The van der Waals surface area contributed by atoms with E-state index in [9.17, 15) is 14.9 Å². The number of anilines is 1. The standard InChI is InChI=1S/C15H22N4O4.C2H2O4/c1-17-7-9-18(10-8-17)6-5-15(20)16-13-11-12(19(21)22)3-4-14(13)23-2;3-1(4)2(5)6/h3-4,11H,5-10H2,1-2H3,(H,16,20);(H,3,4)(H,5,6). The van der Waals surface area contributed by atoms with Crippen LogP contribution in [0.25, 0.3) is 0 Å². The number of hydrogen-bond donors (Lipinski definition) is 3. The summed E-state index contributed by atoms with van der Waals surface area (Å²) in [5.74, 6) is -3.42. The summed E-state index contributed by atoms with van der Waals surface area (Å²) in [7, 11) is 3.54. The summed E-state index contributed by atoms with van der Waals surface area (Å²) in [5.41, 5.74) is 0.241. The number of piperazine rings is 1. The quantitative estimate of drug-likeness (QED) is 0.337. The highest BCUT2D eigenvalue weighted by Gasteiger charge is 2.17. The molecule has 0 aromatic heterocycles. The summed E-state index contributed by atoms with van der Waals surface area (Å²) < 4.78 is 5.13. The van der Waals surface area contributed by atoms with Gasteiger partial charge in [-0.3, -0.25) is 14.9 Å².